The SMILES string of the molecule is Fc1ccc(NCC(Cl)c2ccccc2)nc1. The van der Waals surface area contributed by atoms with Crippen LogP contribution in [0.25, 0.3) is 0 Å². The largest absolute Gasteiger partial charge is 0.368 e. The molecule has 0 aliphatic heterocycles. The summed E-state index contributed by atoms with van der Waals surface area (Å²) in [7, 11) is 0. The number of halogens is 2. The van der Waals surface area contributed by atoms with Crippen LogP contribution in [0.2, 0.25) is 0 Å². The van der Waals surface area contributed by atoms with Crippen molar-refractivity contribution in [3.63, 3.8) is 0 Å². The van der Waals surface area contributed by atoms with Crippen molar-refractivity contribution in [1.29, 1.82) is 0 Å². The molecule has 88 valence electrons. The van der Waals surface area contributed by atoms with Crippen LogP contribution in [-0.2, 0) is 0 Å². The highest BCUT2D eigenvalue weighted by Crippen LogP contribution is 2.20. The van der Waals surface area contributed by atoms with Crippen LogP contribution in [0.3, 0.4) is 0 Å². The van der Waals surface area contributed by atoms with Gasteiger partial charge in [-0.05, 0) is 17.7 Å². The Morgan fingerprint density at radius 2 is 1.94 bits per heavy atom. The van der Waals surface area contributed by atoms with Crippen molar-refractivity contribution in [2.45, 2.75) is 5.38 Å². The third-order valence-electron chi connectivity index (χ3n) is 2.35. The maximum Gasteiger partial charge on any atom is 0.141 e. The first kappa shape index (κ1) is 11.9. The molecule has 0 bridgehead atoms. The summed E-state index contributed by atoms with van der Waals surface area (Å²) in [5.74, 6) is 0.272. The number of nitrogens with one attached hydrogen (secondary N) is 1. The molecule has 1 atom stereocenters. The summed E-state index contributed by atoms with van der Waals surface area (Å²) in [6, 6.07) is 12.7. The topological polar surface area (TPSA) is 24.9 Å². The second kappa shape index (κ2) is 5.64. The Balaban J connectivity index is 1.92. The van der Waals surface area contributed by atoms with Gasteiger partial charge in [-0.1, -0.05) is 30.3 Å². The van der Waals surface area contributed by atoms with Gasteiger partial charge in [-0.3, -0.25) is 0 Å². The van der Waals surface area contributed by atoms with Crippen LogP contribution in [0.5, 0.6) is 0 Å². The van der Waals surface area contributed by atoms with Gasteiger partial charge < -0.3 is 5.32 Å². The molecule has 0 amide bonds. The number of benzene rings is 1. The second-order valence-electron chi connectivity index (χ2n) is 3.62. The lowest BCUT2D eigenvalue weighted by atomic mass is 10.1. The lowest BCUT2D eigenvalue weighted by molar-refractivity contribution is 0.621. The number of hydrogen-bond acceptors (Lipinski definition) is 2. The number of hydrogen-bond donors (Lipinski definition) is 1. The first-order valence-corrected chi connectivity index (χ1v) is 5.74. The van der Waals surface area contributed by atoms with Crippen LogP contribution in [0.1, 0.15) is 10.9 Å². The van der Waals surface area contributed by atoms with Crippen molar-refractivity contribution in [3.05, 3.63) is 60.0 Å². The van der Waals surface area contributed by atoms with E-state index in [0.29, 0.717) is 12.4 Å². The molecule has 0 aliphatic carbocycles. The summed E-state index contributed by atoms with van der Waals surface area (Å²) in [6.07, 6.45) is 1.17. The third kappa shape index (κ3) is 3.43. The highest BCUT2D eigenvalue weighted by atomic mass is 35.5. The molecular weight excluding hydrogens is 239 g/mol. The minimum Gasteiger partial charge on any atom is -0.368 e. The van der Waals surface area contributed by atoms with Gasteiger partial charge in [-0.2, -0.15) is 0 Å². The monoisotopic (exact) mass is 250 g/mol. The van der Waals surface area contributed by atoms with Crippen LogP contribution >= 0.6 is 11.6 Å². The predicted octanol–water partition coefficient (Wildman–Crippen LogP) is 3.61. The molecule has 0 fully saturated rings. The summed E-state index contributed by atoms with van der Waals surface area (Å²) in [5, 5.41) is 2.92. The molecule has 2 aromatic rings. The Morgan fingerprint density at radius 1 is 1.18 bits per heavy atom. The number of rotatable bonds is 4. The van der Waals surface area contributed by atoms with Crippen LogP contribution in [0.4, 0.5) is 10.2 Å². The maximum atomic E-state index is 12.6. The minimum absolute atomic E-state index is 0.136. The van der Waals surface area contributed by atoms with Gasteiger partial charge in [0.05, 0.1) is 11.6 Å². The second-order valence-corrected chi connectivity index (χ2v) is 4.15. The van der Waals surface area contributed by atoms with Crippen LogP contribution in [0, 0.1) is 5.82 Å². The number of aromatic nitrogens is 1. The molecule has 0 spiro atoms. The van der Waals surface area contributed by atoms with Crippen molar-refractivity contribution in [2.24, 2.45) is 0 Å². The zero-order chi connectivity index (χ0) is 12.1. The molecule has 1 heterocycles. The Morgan fingerprint density at radius 3 is 2.59 bits per heavy atom. The average molecular weight is 251 g/mol. The Hall–Kier alpha value is -1.61. The fraction of sp³-hybridized carbons (Fsp3) is 0.154. The van der Waals surface area contributed by atoms with E-state index in [2.05, 4.69) is 10.3 Å². The molecule has 17 heavy (non-hydrogen) atoms. The zero-order valence-electron chi connectivity index (χ0n) is 9.11. The van der Waals surface area contributed by atoms with E-state index < -0.39 is 0 Å². The van der Waals surface area contributed by atoms with Crippen LogP contribution < -0.4 is 5.32 Å². The first-order chi connectivity index (χ1) is 8.25. The van der Waals surface area contributed by atoms with E-state index >= 15 is 0 Å². The van der Waals surface area contributed by atoms with Crippen molar-refractivity contribution >= 4 is 17.4 Å². The minimum atomic E-state index is -0.346. The number of nitrogens with zero attached hydrogens (tertiary/aromatic N) is 1. The lowest BCUT2D eigenvalue weighted by Gasteiger charge is -2.11. The molecule has 0 aliphatic rings. The molecule has 0 saturated carbocycles. The highest BCUT2D eigenvalue weighted by molar-refractivity contribution is 6.21. The summed E-state index contributed by atoms with van der Waals surface area (Å²) in [4.78, 5) is 3.90. The molecule has 2 nitrogen and oxygen atoms in total. The van der Waals surface area contributed by atoms with Gasteiger partial charge in [-0.15, -0.1) is 11.6 Å². The third-order valence-corrected chi connectivity index (χ3v) is 2.76. The summed E-state index contributed by atoms with van der Waals surface area (Å²) in [5.41, 5.74) is 1.05. The molecular formula is C13H12ClFN2. The Kier molecular flexibility index (Phi) is 3.94. The van der Waals surface area contributed by atoms with Crippen molar-refractivity contribution in [1.82, 2.24) is 4.98 Å². The van der Waals surface area contributed by atoms with Gasteiger partial charge in [-0.25, -0.2) is 9.37 Å². The number of anilines is 1. The van der Waals surface area contributed by atoms with Crippen molar-refractivity contribution < 1.29 is 4.39 Å². The molecule has 2 rings (SSSR count). The van der Waals surface area contributed by atoms with Gasteiger partial charge in [0.1, 0.15) is 11.6 Å². The van der Waals surface area contributed by atoms with Crippen LogP contribution in [0.15, 0.2) is 48.7 Å². The Labute approximate surface area is 104 Å². The highest BCUT2D eigenvalue weighted by Gasteiger charge is 2.06. The maximum absolute atomic E-state index is 12.6. The van der Waals surface area contributed by atoms with Gasteiger partial charge in [0, 0.05) is 6.54 Å². The molecule has 1 N–H and O–H groups in total. The van der Waals surface area contributed by atoms with Crippen molar-refractivity contribution in [2.75, 3.05) is 11.9 Å². The van der Waals surface area contributed by atoms with E-state index in [-0.39, 0.29) is 11.2 Å². The molecule has 0 radical (unpaired) electrons. The summed E-state index contributed by atoms with van der Waals surface area (Å²) < 4.78 is 12.6. The molecule has 1 aromatic carbocycles. The summed E-state index contributed by atoms with van der Waals surface area (Å²) >= 11 is 6.22. The average Bonchev–Trinajstić information content (AvgIpc) is 2.39. The van der Waals surface area contributed by atoms with Gasteiger partial charge in [0.15, 0.2) is 0 Å². The normalized spacial score (nSPS) is 12.1. The molecule has 4 heteroatoms. The smallest absolute Gasteiger partial charge is 0.141 e. The molecule has 1 unspecified atom stereocenters. The van der Waals surface area contributed by atoms with E-state index in [1.54, 1.807) is 6.07 Å². The van der Waals surface area contributed by atoms with Gasteiger partial charge in [0.2, 0.25) is 0 Å². The standard InChI is InChI=1S/C13H12ClFN2/c14-12(10-4-2-1-3-5-10)9-17-13-7-6-11(15)8-16-13/h1-8,12H,9H2,(H,16,17). The quantitative estimate of drug-likeness (QED) is 0.839. The van der Waals surface area contributed by atoms with Crippen molar-refractivity contribution in [3.8, 4) is 0 Å². The van der Waals surface area contributed by atoms with E-state index in [1.165, 1.54) is 12.3 Å². The molecule has 0 saturated heterocycles. The zero-order valence-corrected chi connectivity index (χ0v) is 9.86. The van der Waals surface area contributed by atoms with E-state index in [9.17, 15) is 4.39 Å². The number of alkyl halides is 1. The number of pyridine rings is 1. The fourth-order valence-electron chi connectivity index (χ4n) is 1.45. The van der Waals surface area contributed by atoms with E-state index in [4.69, 9.17) is 11.6 Å². The van der Waals surface area contributed by atoms with Gasteiger partial charge >= 0.3 is 0 Å². The van der Waals surface area contributed by atoms with E-state index in [0.717, 1.165) is 5.56 Å². The summed E-state index contributed by atoms with van der Waals surface area (Å²) in [6.45, 7) is 0.546. The van der Waals surface area contributed by atoms with Gasteiger partial charge in [0.25, 0.3) is 0 Å². The van der Waals surface area contributed by atoms with E-state index in [1.807, 2.05) is 30.3 Å². The molecule has 1 aromatic heterocycles. The fourth-order valence-corrected chi connectivity index (χ4v) is 1.68. The Bertz CT molecular complexity index is 459. The first-order valence-electron chi connectivity index (χ1n) is 5.30. The van der Waals surface area contributed by atoms with Crippen LogP contribution in [-0.4, -0.2) is 11.5 Å². The predicted molar refractivity (Wildman–Crippen MR) is 67.7 cm³/mol. The lowest BCUT2D eigenvalue weighted by Crippen LogP contribution is -2.09.